The fourth-order valence-electron chi connectivity index (χ4n) is 3.12. The molecule has 1 saturated heterocycles. The summed E-state index contributed by atoms with van der Waals surface area (Å²) in [5.74, 6) is -0.303. The number of nitrogens with one attached hydrogen (secondary N) is 1. The first-order chi connectivity index (χ1) is 11.6. The number of benzene rings is 1. The molecule has 1 heterocycles. The van der Waals surface area contributed by atoms with Crippen LogP contribution in [0.1, 0.15) is 38.2 Å². The fourth-order valence-corrected chi connectivity index (χ4v) is 5.59. The summed E-state index contributed by atoms with van der Waals surface area (Å²) in [5, 5.41) is 2.75. The van der Waals surface area contributed by atoms with Crippen molar-refractivity contribution in [3.63, 3.8) is 0 Å². The van der Waals surface area contributed by atoms with E-state index in [1.807, 2.05) is 0 Å². The number of nitrogens with zero attached hydrogens (tertiary/aromatic N) is 1. The van der Waals surface area contributed by atoms with Gasteiger partial charge in [0.1, 0.15) is 4.33 Å². The highest BCUT2D eigenvalue weighted by Crippen LogP contribution is 2.64. The molecule has 1 aliphatic carbocycles. The number of amides is 1. The van der Waals surface area contributed by atoms with Gasteiger partial charge in [-0.3, -0.25) is 4.79 Å². The number of carbonyl (C=O) groups excluding carboxylic acids is 1. The van der Waals surface area contributed by atoms with Crippen LogP contribution in [0.15, 0.2) is 23.1 Å². The Bertz CT molecular complexity index is 804. The van der Waals surface area contributed by atoms with Crippen molar-refractivity contribution < 1.29 is 13.2 Å². The summed E-state index contributed by atoms with van der Waals surface area (Å²) >= 11 is 12.1. The minimum atomic E-state index is -3.56. The molecule has 2 fully saturated rings. The Morgan fingerprint density at radius 2 is 1.80 bits per heavy atom. The number of alkyl halides is 2. The van der Waals surface area contributed by atoms with Crippen molar-refractivity contribution in [2.75, 3.05) is 18.4 Å². The smallest absolute Gasteiger partial charge is 0.243 e. The Balaban J connectivity index is 1.85. The Hall–Kier alpha value is -0.820. The van der Waals surface area contributed by atoms with Gasteiger partial charge in [0.2, 0.25) is 15.9 Å². The van der Waals surface area contributed by atoms with Gasteiger partial charge in [-0.15, -0.1) is 23.2 Å². The Labute approximate surface area is 158 Å². The maximum absolute atomic E-state index is 12.9. The predicted octanol–water partition coefficient (Wildman–Crippen LogP) is 3.69. The van der Waals surface area contributed by atoms with Gasteiger partial charge in [0.25, 0.3) is 0 Å². The number of halogens is 2. The number of sulfonamides is 1. The highest BCUT2D eigenvalue weighted by atomic mass is 35.5. The molecule has 1 saturated carbocycles. The summed E-state index contributed by atoms with van der Waals surface area (Å²) in [7, 11) is -3.56. The van der Waals surface area contributed by atoms with Gasteiger partial charge < -0.3 is 5.32 Å². The van der Waals surface area contributed by atoms with Crippen LogP contribution in [0.5, 0.6) is 0 Å². The highest BCUT2D eigenvalue weighted by molar-refractivity contribution is 7.89. The van der Waals surface area contributed by atoms with Crippen molar-refractivity contribution >= 4 is 44.8 Å². The molecule has 5 nitrogen and oxygen atoms in total. The van der Waals surface area contributed by atoms with Crippen molar-refractivity contribution in [3.05, 3.63) is 23.8 Å². The van der Waals surface area contributed by atoms with Crippen molar-refractivity contribution in [3.8, 4) is 0 Å². The zero-order valence-corrected chi connectivity index (χ0v) is 16.6. The zero-order chi connectivity index (χ0) is 18.5. The van der Waals surface area contributed by atoms with E-state index in [2.05, 4.69) is 5.32 Å². The lowest BCUT2D eigenvalue weighted by Crippen LogP contribution is -2.36. The van der Waals surface area contributed by atoms with Gasteiger partial charge >= 0.3 is 0 Å². The van der Waals surface area contributed by atoms with Gasteiger partial charge in [-0.05, 0) is 50.8 Å². The van der Waals surface area contributed by atoms with E-state index < -0.39 is 19.8 Å². The normalized spacial score (nSPS) is 26.2. The quantitative estimate of drug-likeness (QED) is 0.777. The molecule has 0 radical (unpaired) electrons. The maximum Gasteiger partial charge on any atom is 0.243 e. The van der Waals surface area contributed by atoms with E-state index in [0.29, 0.717) is 30.8 Å². The van der Waals surface area contributed by atoms with E-state index in [-0.39, 0.29) is 10.8 Å². The van der Waals surface area contributed by atoms with Gasteiger partial charge in [-0.2, -0.15) is 4.31 Å². The molecule has 25 heavy (non-hydrogen) atoms. The number of aryl methyl sites for hydroxylation is 1. The van der Waals surface area contributed by atoms with E-state index in [4.69, 9.17) is 23.2 Å². The van der Waals surface area contributed by atoms with Crippen LogP contribution in [-0.4, -0.2) is 36.1 Å². The number of carbonyl (C=O) groups is 1. The van der Waals surface area contributed by atoms with Crippen LogP contribution >= 0.6 is 23.2 Å². The van der Waals surface area contributed by atoms with Crippen LogP contribution in [-0.2, 0) is 14.8 Å². The second-order valence-corrected chi connectivity index (χ2v) is 10.5. The molecule has 1 amide bonds. The monoisotopic (exact) mass is 404 g/mol. The predicted molar refractivity (Wildman–Crippen MR) is 99.6 cm³/mol. The molecule has 1 N–H and O–H groups in total. The summed E-state index contributed by atoms with van der Waals surface area (Å²) in [6.45, 7) is 4.53. The molecule has 8 heteroatoms. The molecule has 1 aromatic rings. The van der Waals surface area contributed by atoms with E-state index in [9.17, 15) is 13.2 Å². The molecule has 1 aromatic carbocycles. The van der Waals surface area contributed by atoms with Crippen LogP contribution in [0.25, 0.3) is 0 Å². The number of piperidine rings is 1. The molecule has 0 aromatic heterocycles. The summed E-state index contributed by atoms with van der Waals surface area (Å²) in [6, 6.07) is 4.92. The van der Waals surface area contributed by atoms with E-state index >= 15 is 0 Å². The van der Waals surface area contributed by atoms with Gasteiger partial charge in [0, 0.05) is 18.8 Å². The van der Waals surface area contributed by atoms with Gasteiger partial charge in [-0.1, -0.05) is 12.5 Å². The first-order valence-electron chi connectivity index (χ1n) is 8.38. The highest BCUT2D eigenvalue weighted by Gasteiger charge is 2.67. The Morgan fingerprint density at radius 3 is 2.36 bits per heavy atom. The number of rotatable bonds is 4. The largest absolute Gasteiger partial charge is 0.325 e. The average molecular weight is 405 g/mol. The Kier molecular flexibility index (Phi) is 4.86. The number of hydrogen-bond donors (Lipinski definition) is 1. The van der Waals surface area contributed by atoms with Crippen LogP contribution in [0.3, 0.4) is 0 Å². The number of anilines is 1. The van der Waals surface area contributed by atoms with Gasteiger partial charge in [0.15, 0.2) is 0 Å². The fraction of sp³-hybridized carbons (Fsp3) is 0.588. The molecule has 2 aliphatic rings. The third-order valence-electron chi connectivity index (χ3n) is 5.14. The molecule has 0 spiro atoms. The van der Waals surface area contributed by atoms with Crippen LogP contribution < -0.4 is 5.32 Å². The van der Waals surface area contributed by atoms with E-state index in [0.717, 1.165) is 19.3 Å². The summed E-state index contributed by atoms with van der Waals surface area (Å²) in [5.41, 5.74) is 0.237. The van der Waals surface area contributed by atoms with E-state index in [1.54, 1.807) is 26.0 Å². The minimum Gasteiger partial charge on any atom is -0.325 e. The van der Waals surface area contributed by atoms with Crippen LogP contribution in [0.2, 0.25) is 0 Å². The maximum atomic E-state index is 12.9. The molecular formula is C17H22Cl2N2O3S. The van der Waals surface area contributed by atoms with Crippen LogP contribution in [0.4, 0.5) is 5.69 Å². The molecular weight excluding hydrogens is 383 g/mol. The first-order valence-corrected chi connectivity index (χ1v) is 10.6. The van der Waals surface area contributed by atoms with Crippen molar-refractivity contribution in [1.82, 2.24) is 4.31 Å². The summed E-state index contributed by atoms with van der Waals surface area (Å²) in [4.78, 5) is 12.7. The average Bonchev–Trinajstić information content (AvgIpc) is 3.09. The molecule has 1 unspecified atom stereocenters. The van der Waals surface area contributed by atoms with Crippen LogP contribution in [0, 0.1) is 12.3 Å². The third-order valence-corrected chi connectivity index (χ3v) is 8.28. The summed E-state index contributed by atoms with van der Waals surface area (Å²) < 4.78 is 26.3. The molecule has 1 aliphatic heterocycles. The molecule has 3 rings (SSSR count). The number of hydrogen-bond acceptors (Lipinski definition) is 3. The lowest BCUT2D eigenvalue weighted by atomic mass is 10.1. The second kappa shape index (κ2) is 6.41. The molecule has 138 valence electrons. The SMILES string of the molecule is Cc1ccc(NC(=O)C2(C)CC2(Cl)Cl)cc1S(=O)(=O)N1CCCCC1. The Morgan fingerprint density at radius 1 is 1.20 bits per heavy atom. The summed E-state index contributed by atoms with van der Waals surface area (Å²) in [6.07, 6.45) is 3.18. The first kappa shape index (κ1) is 19.0. The molecule has 0 bridgehead atoms. The van der Waals surface area contributed by atoms with Gasteiger partial charge in [0.05, 0.1) is 10.3 Å². The topological polar surface area (TPSA) is 66.5 Å². The minimum absolute atomic E-state index is 0.233. The zero-order valence-electron chi connectivity index (χ0n) is 14.3. The van der Waals surface area contributed by atoms with E-state index in [1.165, 1.54) is 10.4 Å². The van der Waals surface area contributed by atoms with Crippen molar-refractivity contribution in [1.29, 1.82) is 0 Å². The lowest BCUT2D eigenvalue weighted by Gasteiger charge is -2.26. The van der Waals surface area contributed by atoms with Crippen molar-refractivity contribution in [2.45, 2.75) is 48.8 Å². The second-order valence-electron chi connectivity index (χ2n) is 7.11. The standard InChI is InChI=1S/C17H22Cl2N2O3S/c1-12-6-7-13(20-15(22)16(2)11-17(16,18)19)10-14(12)25(23,24)21-8-4-3-5-9-21/h6-7,10H,3-5,8-9,11H2,1-2H3,(H,20,22). The van der Waals surface area contributed by atoms with Gasteiger partial charge in [-0.25, -0.2) is 8.42 Å². The third kappa shape index (κ3) is 3.42. The lowest BCUT2D eigenvalue weighted by molar-refractivity contribution is -0.120. The molecule has 1 atom stereocenters. The van der Waals surface area contributed by atoms with Crippen molar-refractivity contribution in [2.24, 2.45) is 5.41 Å².